The number of carboxylic acids is 2. The maximum absolute atomic E-state index is 9.95. The molecule has 0 saturated carbocycles. The largest absolute Gasteiger partial charge is 2.00 e. The summed E-state index contributed by atoms with van der Waals surface area (Å²) in [7, 11) is 0. The van der Waals surface area contributed by atoms with E-state index in [1.165, 1.54) is 0 Å². The van der Waals surface area contributed by atoms with E-state index in [2.05, 4.69) is 0 Å². The number of hydrogen-bond acceptors (Lipinski definition) is 14. The SMILES string of the molecule is O=C[C@H](O)[C@@H](O)[C@H](O)[C@H](O)C(=O)[O-].O=C[C@H](O)[C@@H](O)[C@H](O)[C@H](O)C(=O)[O-].[Ca+2]. The van der Waals surface area contributed by atoms with E-state index in [0.29, 0.717) is 0 Å². The van der Waals surface area contributed by atoms with Crippen LogP contribution in [0.25, 0.3) is 0 Å². The van der Waals surface area contributed by atoms with Gasteiger partial charge in [0.15, 0.2) is 12.6 Å². The van der Waals surface area contributed by atoms with Crippen LogP contribution >= 0.6 is 0 Å². The van der Waals surface area contributed by atoms with Gasteiger partial charge in [-0.25, -0.2) is 0 Å². The van der Waals surface area contributed by atoms with Crippen LogP contribution in [0.1, 0.15) is 0 Å². The molecule has 0 rings (SSSR count). The normalized spacial score (nSPS) is 19.3. The van der Waals surface area contributed by atoms with E-state index in [1.54, 1.807) is 0 Å². The summed E-state index contributed by atoms with van der Waals surface area (Å²) in [6, 6.07) is 0. The van der Waals surface area contributed by atoms with E-state index in [0.717, 1.165) is 0 Å². The zero-order chi connectivity index (χ0) is 21.2. The average Bonchev–Trinajstić information content (AvgIpc) is 2.62. The summed E-state index contributed by atoms with van der Waals surface area (Å²) in [6.07, 6.45) is -17.3. The number of rotatable bonds is 10. The van der Waals surface area contributed by atoms with Crippen LogP contribution in [0.2, 0.25) is 0 Å². The number of aldehydes is 2. The van der Waals surface area contributed by atoms with Crippen molar-refractivity contribution in [3.63, 3.8) is 0 Å². The first kappa shape index (κ1) is 30.9. The fourth-order valence-electron chi connectivity index (χ4n) is 1.22. The molecular formula is C12H18CaO14. The third kappa shape index (κ3) is 11.0. The van der Waals surface area contributed by atoms with Crippen molar-refractivity contribution in [2.45, 2.75) is 48.8 Å². The van der Waals surface area contributed by atoms with Gasteiger partial charge in [0.2, 0.25) is 0 Å². The van der Waals surface area contributed by atoms with Gasteiger partial charge in [-0.1, -0.05) is 0 Å². The van der Waals surface area contributed by atoms with Crippen LogP contribution in [0.5, 0.6) is 0 Å². The maximum atomic E-state index is 9.95. The van der Waals surface area contributed by atoms with Crippen molar-refractivity contribution in [1.29, 1.82) is 0 Å². The molecule has 0 amide bonds. The zero-order valence-corrected chi connectivity index (χ0v) is 15.7. The van der Waals surface area contributed by atoms with Crippen LogP contribution in [0.4, 0.5) is 0 Å². The molecule has 0 aromatic rings. The molecule has 0 radical (unpaired) electrons. The van der Waals surface area contributed by atoms with Crippen molar-refractivity contribution in [3.05, 3.63) is 0 Å². The molecule has 0 aliphatic heterocycles. The quantitative estimate of drug-likeness (QED) is 0.119. The molecule has 152 valence electrons. The van der Waals surface area contributed by atoms with Gasteiger partial charge in [0.1, 0.15) is 48.8 Å². The Morgan fingerprint density at radius 3 is 0.963 bits per heavy atom. The molecule has 15 heteroatoms. The summed E-state index contributed by atoms with van der Waals surface area (Å²) in [5, 5.41) is 89.7. The van der Waals surface area contributed by atoms with Crippen LogP contribution in [0.3, 0.4) is 0 Å². The Kier molecular flexibility index (Phi) is 17.4. The van der Waals surface area contributed by atoms with Gasteiger partial charge in [0.25, 0.3) is 0 Å². The van der Waals surface area contributed by atoms with E-state index >= 15 is 0 Å². The Hall–Kier alpha value is -0.780. The molecule has 0 aromatic heterocycles. The van der Waals surface area contributed by atoms with Gasteiger partial charge >= 0.3 is 37.7 Å². The molecular weight excluding hydrogens is 408 g/mol. The minimum atomic E-state index is -2.36. The van der Waals surface area contributed by atoms with Crippen LogP contribution in [0.15, 0.2) is 0 Å². The fourth-order valence-corrected chi connectivity index (χ4v) is 1.22. The number of aliphatic hydroxyl groups excluding tert-OH is 8. The second-order valence-corrected chi connectivity index (χ2v) is 4.74. The van der Waals surface area contributed by atoms with Crippen LogP contribution in [-0.2, 0) is 19.2 Å². The molecule has 0 aliphatic rings. The van der Waals surface area contributed by atoms with E-state index in [9.17, 15) is 29.4 Å². The predicted molar refractivity (Wildman–Crippen MR) is 76.0 cm³/mol. The first-order chi connectivity index (χ1) is 11.8. The maximum Gasteiger partial charge on any atom is 2.00 e. The van der Waals surface area contributed by atoms with Gasteiger partial charge in [-0.15, -0.1) is 0 Å². The molecule has 8 N–H and O–H groups in total. The zero-order valence-electron chi connectivity index (χ0n) is 13.5. The second kappa shape index (κ2) is 15.2. The number of hydrogen-bond donors (Lipinski definition) is 8. The minimum Gasteiger partial charge on any atom is -0.547 e. The van der Waals surface area contributed by atoms with E-state index < -0.39 is 60.8 Å². The van der Waals surface area contributed by atoms with Crippen molar-refractivity contribution in [2.24, 2.45) is 0 Å². The van der Waals surface area contributed by atoms with Crippen molar-refractivity contribution in [3.8, 4) is 0 Å². The number of carbonyl (C=O) groups is 4. The standard InChI is InChI=1S/2C6H10O7.Ca/c2*7-1-2(8)3(9)4(10)5(11)6(12)13;/h2*1-5,8-11H,(H,12,13);/q;;+2/p-2/t2*2-,3+,4-,5-;/m00./s1. The van der Waals surface area contributed by atoms with E-state index in [-0.39, 0.29) is 50.3 Å². The molecule has 0 unspecified atom stereocenters. The van der Waals surface area contributed by atoms with Gasteiger partial charge in [-0.05, 0) is 0 Å². The summed E-state index contributed by atoms with van der Waals surface area (Å²) in [5.74, 6) is -4.02. The van der Waals surface area contributed by atoms with Crippen molar-refractivity contribution < 1.29 is 70.2 Å². The molecule has 0 saturated heterocycles. The third-order valence-corrected chi connectivity index (χ3v) is 2.81. The summed E-state index contributed by atoms with van der Waals surface area (Å²) in [5.41, 5.74) is 0. The summed E-state index contributed by atoms with van der Waals surface area (Å²) < 4.78 is 0. The summed E-state index contributed by atoms with van der Waals surface area (Å²) >= 11 is 0. The molecule has 27 heavy (non-hydrogen) atoms. The number of carbonyl (C=O) groups excluding carboxylic acids is 4. The third-order valence-electron chi connectivity index (χ3n) is 2.81. The van der Waals surface area contributed by atoms with Crippen LogP contribution in [-0.4, -0.2) is 152 Å². The Morgan fingerprint density at radius 1 is 0.593 bits per heavy atom. The molecule has 14 nitrogen and oxygen atoms in total. The van der Waals surface area contributed by atoms with Crippen LogP contribution in [0, 0.1) is 0 Å². The summed E-state index contributed by atoms with van der Waals surface area (Å²) in [6.45, 7) is 0. The molecule has 0 spiro atoms. The topological polar surface area (TPSA) is 276 Å². The average molecular weight is 426 g/mol. The number of aliphatic hydroxyl groups is 8. The number of carboxylic acid groups (broad SMARTS) is 2. The number of aliphatic carboxylic acids is 2. The summed E-state index contributed by atoms with van der Waals surface area (Å²) in [4.78, 5) is 39.7. The Bertz CT molecular complexity index is 431. The Balaban J connectivity index is -0.000000411. The molecule has 0 fully saturated rings. The smallest absolute Gasteiger partial charge is 0.547 e. The molecule has 0 heterocycles. The van der Waals surface area contributed by atoms with Gasteiger partial charge in [-0.3, -0.25) is 0 Å². The molecule has 0 bridgehead atoms. The van der Waals surface area contributed by atoms with E-state index in [1.807, 2.05) is 0 Å². The van der Waals surface area contributed by atoms with Gasteiger partial charge < -0.3 is 70.2 Å². The predicted octanol–water partition coefficient (Wildman–Crippen LogP) is -9.62. The van der Waals surface area contributed by atoms with Crippen molar-refractivity contribution in [1.82, 2.24) is 0 Å². The Morgan fingerprint density at radius 2 is 0.815 bits per heavy atom. The van der Waals surface area contributed by atoms with Crippen LogP contribution < -0.4 is 10.2 Å². The van der Waals surface area contributed by atoms with E-state index in [4.69, 9.17) is 40.9 Å². The molecule has 8 atom stereocenters. The molecule has 0 aromatic carbocycles. The first-order valence-electron chi connectivity index (χ1n) is 6.60. The van der Waals surface area contributed by atoms with Crippen molar-refractivity contribution >= 4 is 62.2 Å². The Labute approximate surface area is 180 Å². The van der Waals surface area contributed by atoms with Gasteiger partial charge in [0.05, 0.1) is 11.9 Å². The fraction of sp³-hybridized carbons (Fsp3) is 0.667. The first-order valence-corrected chi connectivity index (χ1v) is 6.60. The van der Waals surface area contributed by atoms with Gasteiger partial charge in [-0.2, -0.15) is 0 Å². The van der Waals surface area contributed by atoms with Crippen molar-refractivity contribution in [2.75, 3.05) is 0 Å². The molecule has 0 aliphatic carbocycles. The monoisotopic (exact) mass is 426 g/mol. The second-order valence-electron chi connectivity index (χ2n) is 4.74. The van der Waals surface area contributed by atoms with Gasteiger partial charge in [0, 0.05) is 0 Å². The minimum absolute atomic E-state index is 0.